The molecule has 1 fully saturated rings. The van der Waals surface area contributed by atoms with E-state index in [0.29, 0.717) is 32.0 Å². The normalized spacial score (nSPS) is 18.2. The smallest absolute Gasteiger partial charge is 0.262 e. The van der Waals surface area contributed by atoms with Gasteiger partial charge in [0.15, 0.2) is 6.61 Å². The molecule has 160 valence electrons. The second kappa shape index (κ2) is 8.91. The van der Waals surface area contributed by atoms with Gasteiger partial charge in [-0.2, -0.15) is 0 Å². The van der Waals surface area contributed by atoms with Crippen molar-refractivity contribution in [3.8, 4) is 5.75 Å². The minimum Gasteiger partial charge on any atom is -0.482 e. The van der Waals surface area contributed by atoms with E-state index in [9.17, 15) is 13.2 Å². The van der Waals surface area contributed by atoms with Gasteiger partial charge in [-0.25, -0.2) is 13.1 Å². The fourth-order valence-electron chi connectivity index (χ4n) is 3.58. The maximum Gasteiger partial charge on any atom is 0.262 e. The quantitative estimate of drug-likeness (QED) is 0.697. The Labute approximate surface area is 180 Å². The van der Waals surface area contributed by atoms with Crippen LogP contribution in [0.2, 0.25) is 5.02 Å². The van der Waals surface area contributed by atoms with Gasteiger partial charge in [-0.15, -0.1) is 0 Å². The van der Waals surface area contributed by atoms with E-state index in [4.69, 9.17) is 21.1 Å². The third-order valence-electron chi connectivity index (χ3n) is 5.09. The van der Waals surface area contributed by atoms with E-state index in [1.165, 1.54) is 12.1 Å². The van der Waals surface area contributed by atoms with Crippen molar-refractivity contribution in [2.45, 2.75) is 10.9 Å². The minimum absolute atomic E-state index is 0.00897. The van der Waals surface area contributed by atoms with Crippen LogP contribution in [0.3, 0.4) is 0 Å². The lowest BCUT2D eigenvalue weighted by Crippen LogP contribution is -2.43. The first kappa shape index (κ1) is 21.1. The number of rotatable bonds is 6. The van der Waals surface area contributed by atoms with E-state index in [-0.39, 0.29) is 40.8 Å². The van der Waals surface area contributed by atoms with Crippen LogP contribution in [0.1, 0.15) is 11.6 Å². The molecule has 0 aromatic heterocycles. The lowest BCUT2D eigenvalue weighted by molar-refractivity contribution is -0.118. The van der Waals surface area contributed by atoms with Crippen LogP contribution in [0, 0.1) is 0 Å². The van der Waals surface area contributed by atoms with E-state index in [1.54, 1.807) is 0 Å². The summed E-state index contributed by atoms with van der Waals surface area (Å²) in [5, 5.41) is 2.62. The van der Waals surface area contributed by atoms with Crippen LogP contribution < -0.4 is 14.8 Å². The van der Waals surface area contributed by atoms with Crippen LogP contribution in [0.5, 0.6) is 5.75 Å². The van der Waals surface area contributed by atoms with Gasteiger partial charge in [0.25, 0.3) is 5.91 Å². The second-order valence-electron chi connectivity index (χ2n) is 7.04. The summed E-state index contributed by atoms with van der Waals surface area (Å²) >= 11 is 6.22. The lowest BCUT2D eigenvalue weighted by atomic mass is 10.1. The number of benzene rings is 2. The van der Waals surface area contributed by atoms with E-state index < -0.39 is 10.0 Å². The van der Waals surface area contributed by atoms with Crippen molar-refractivity contribution in [3.63, 3.8) is 0 Å². The highest BCUT2D eigenvalue weighted by atomic mass is 35.5. The number of carbonyl (C=O) groups excluding carboxylic acids is 1. The first-order chi connectivity index (χ1) is 14.4. The Morgan fingerprint density at radius 2 is 1.90 bits per heavy atom. The molecule has 2 N–H and O–H groups in total. The highest BCUT2D eigenvalue weighted by Crippen LogP contribution is 2.35. The molecular formula is C20H22ClN3O5S. The van der Waals surface area contributed by atoms with Gasteiger partial charge in [-0.1, -0.05) is 41.9 Å². The molecule has 1 saturated heterocycles. The lowest BCUT2D eigenvalue weighted by Gasteiger charge is -2.35. The van der Waals surface area contributed by atoms with Crippen LogP contribution in [0.25, 0.3) is 0 Å². The second-order valence-corrected chi connectivity index (χ2v) is 9.18. The molecular weight excluding hydrogens is 430 g/mol. The van der Waals surface area contributed by atoms with Crippen molar-refractivity contribution >= 4 is 33.2 Å². The standard InChI is InChI=1S/C20H22ClN3O5S/c21-15-10-16-18(29-13-20(25)23-16)11-19(15)30(26,27)22-12-17(14-4-2-1-3-5-14)24-6-8-28-9-7-24/h1-5,10-11,17,22H,6-9,12-13H2,(H,23,25). The molecule has 30 heavy (non-hydrogen) atoms. The number of fused-ring (bicyclic) bond motifs is 1. The van der Waals surface area contributed by atoms with Crippen LogP contribution in [0.4, 0.5) is 5.69 Å². The van der Waals surface area contributed by atoms with Gasteiger partial charge in [0.05, 0.1) is 23.9 Å². The molecule has 2 heterocycles. The molecule has 0 radical (unpaired) electrons. The van der Waals surface area contributed by atoms with Crippen molar-refractivity contribution in [3.05, 3.63) is 53.1 Å². The highest BCUT2D eigenvalue weighted by Gasteiger charge is 2.28. The molecule has 0 bridgehead atoms. The first-order valence-corrected chi connectivity index (χ1v) is 11.4. The van der Waals surface area contributed by atoms with Crippen molar-refractivity contribution in [1.29, 1.82) is 0 Å². The predicted molar refractivity (Wildman–Crippen MR) is 112 cm³/mol. The van der Waals surface area contributed by atoms with Gasteiger partial charge in [0.2, 0.25) is 10.0 Å². The molecule has 2 aliphatic heterocycles. The summed E-state index contributed by atoms with van der Waals surface area (Å²) in [5.74, 6) is -0.0457. The first-order valence-electron chi connectivity index (χ1n) is 9.56. The number of hydrogen-bond donors (Lipinski definition) is 2. The van der Waals surface area contributed by atoms with Crippen LogP contribution >= 0.6 is 11.6 Å². The number of morpholine rings is 1. The SMILES string of the molecule is O=C1COc2cc(S(=O)(=O)NCC(c3ccccc3)N3CCOCC3)c(Cl)cc2N1. The molecule has 2 aromatic rings. The Morgan fingerprint density at radius 3 is 2.63 bits per heavy atom. The number of carbonyl (C=O) groups is 1. The number of anilines is 1. The molecule has 2 aromatic carbocycles. The molecule has 1 unspecified atom stereocenters. The fourth-order valence-corrected chi connectivity index (χ4v) is 5.15. The van der Waals surface area contributed by atoms with Crippen LogP contribution in [-0.2, 0) is 19.6 Å². The molecule has 0 aliphatic carbocycles. The largest absolute Gasteiger partial charge is 0.482 e. The average molecular weight is 452 g/mol. The number of sulfonamides is 1. The minimum atomic E-state index is -3.91. The Hall–Kier alpha value is -2.17. The van der Waals surface area contributed by atoms with E-state index in [0.717, 1.165) is 5.56 Å². The van der Waals surface area contributed by atoms with Crippen molar-refractivity contribution in [1.82, 2.24) is 9.62 Å². The molecule has 1 atom stereocenters. The Morgan fingerprint density at radius 1 is 1.17 bits per heavy atom. The summed E-state index contributed by atoms with van der Waals surface area (Å²) in [6, 6.07) is 12.3. The van der Waals surface area contributed by atoms with Gasteiger partial charge in [0.1, 0.15) is 10.6 Å². The summed E-state index contributed by atoms with van der Waals surface area (Å²) in [6.45, 7) is 2.65. The summed E-state index contributed by atoms with van der Waals surface area (Å²) in [5.41, 5.74) is 1.37. The van der Waals surface area contributed by atoms with Crippen molar-refractivity contribution in [2.75, 3.05) is 44.8 Å². The number of amides is 1. The number of halogens is 1. The molecule has 10 heteroatoms. The van der Waals surface area contributed by atoms with Crippen LogP contribution in [-0.4, -0.2) is 58.7 Å². The molecule has 8 nitrogen and oxygen atoms in total. The molecule has 0 spiro atoms. The van der Waals surface area contributed by atoms with Crippen molar-refractivity contribution < 1.29 is 22.7 Å². The maximum atomic E-state index is 13.0. The van der Waals surface area contributed by atoms with Gasteiger partial charge < -0.3 is 14.8 Å². The van der Waals surface area contributed by atoms with E-state index >= 15 is 0 Å². The zero-order valence-electron chi connectivity index (χ0n) is 16.1. The molecule has 4 rings (SSSR count). The molecule has 2 aliphatic rings. The summed E-state index contributed by atoms with van der Waals surface area (Å²) in [4.78, 5) is 13.6. The third-order valence-corrected chi connectivity index (χ3v) is 6.98. The van der Waals surface area contributed by atoms with Gasteiger partial charge in [-0.05, 0) is 11.6 Å². The van der Waals surface area contributed by atoms with Gasteiger partial charge in [-0.3, -0.25) is 9.69 Å². The summed E-state index contributed by atoms with van der Waals surface area (Å²) in [6.07, 6.45) is 0. The zero-order valence-corrected chi connectivity index (χ0v) is 17.7. The van der Waals surface area contributed by atoms with E-state index in [2.05, 4.69) is 14.9 Å². The average Bonchev–Trinajstić information content (AvgIpc) is 2.74. The zero-order chi connectivity index (χ0) is 21.1. The number of hydrogen-bond acceptors (Lipinski definition) is 6. The maximum absolute atomic E-state index is 13.0. The number of nitrogens with zero attached hydrogens (tertiary/aromatic N) is 1. The van der Waals surface area contributed by atoms with Crippen molar-refractivity contribution in [2.24, 2.45) is 0 Å². The topological polar surface area (TPSA) is 97.0 Å². The third kappa shape index (κ3) is 4.60. The highest BCUT2D eigenvalue weighted by molar-refractivity contribution is 7.89. The van der Waals surface area contributed by atoms with Gasteiger partial charge in [0, 0.05) is 31.7 Å². The Bertz CT molecular complexity index is 1030. The van der Waals surface area contributed by atoms with Crippen LogP contribution in [0.15, 0.2) is 47.4 Å². The molecule has 1 amide bonds. The Kier molecular flexibility index (Phi) is 6.26. The predicted octanol–water partition coefficient (Wildman–Crippen LogP) is 2.02. The van der Waals surface area contributed by atoms with E-state index in [1.807, 2.05) is 30.3 Å². The van der Waals surface area contributed by atoms with Gasteiger partial charge >= 0.3 is 0 Å². The number of ether oxygens (including phenoxy) is 2. The fraction of sp³-hybridized carbons (Fsp3) is 0.350. The monoisotopic (exact) mass is 451 g/mol. The summed E-state index contributed by atoms with van der Waals surface area (Å²) < 4.78 is 39.5. The Balaban J connectivity index is 1.56. The molecule has 0 saturated carbocycles. The summed E-state index contributed by atoms with van der Waals surface area (Å²) in [7, 11) is -3.91. The number of nitrogens with one attached hydrogen (secondary N) is 2.